The second-order valence-electron chi connectivity index (χ2n) is 3.14. The lowest BCUT2D eigenvalue weighted by atomic mass is 10.4. The number of thiophene rings is 1. The van der Waals surface area contributed by atoms with E-state index in [1.165, 1.54) is 4.21 Å². The average Bonchev–Trinajstić information content (AvgIpc) is 2.83. The van der Waals surface area contributed by atoms with Crippen LogP contribution >= 0.6 is 23.1 Å². The monoisotopic (exact) mass is 268 g/mol. The Labute approximate surface area is 106 Å². The van der Waals surface area contributed by atoms with Gasteiger partial charge in [0, 0.05) is 16.4 Å². The van der Waals surface area contributed by atoms with Gasteiger partial charge in [0.1, 0.15) is 0 Å². The molecular formula is C12H12OS3. The Bertz CT molecular complexity index is 437. The van der Waals surface area contributed by atoms with Crippen LogP contribution in [-0.4, -0.2) is 15.7 Å². The van der Waals surface area contributed by atoms with Gasteiger partial charge in [-0.25, -0.2) is 0 Å². The first-order valence-corrected chi connectivity index (χ1v) is 8.14. The van der Waals surface area contributed by atoms with Crippen LogP contribution in [0.4, 0.5) is 0 Å². The van der Waals surface area contributed by atoms with Crippen LogP contribution in [0, 0.1) is 0 Å². The zero-order valence-corrected chi connectivity index (χ0v) is 11.1. The second-order valence-corrected chi connectivity index (χ2v) is 7.06. The number of hydrogen-bond donors (Lipinski definition) is 0. The van der Waals surface area contributed by atoms with E-state index in [2.05, 4.69) is 11.4 Å². The molecule has 0 aliphatic heterocycles. The van der Waals surface area contributed by atoms with Gasteiger partial charge in [-0.3, -0.25) is 4.21 Å². The van der Waals surface area contributed by atoms with Gasteiger partial charge in [0.15, 0.2) is 0 Å². The zero-order valence-electron chi connectivity index (χ0n) is 8.67. The van der Waals surface area contributed by atoms with E-state index in [0.717, 1.165) is 10.6 Å². The molecular weight excluding hydrogens is 256 g/mol. The highest BCUT2D eigenvalue weighted by Gasteiger charge is 2.03. The standard InChI is InChI=1S/C12H12OS3/c13-16(11-5-2-1-3-6-11)10-9-15-12-7-4-8-14-12/h1-8H,9-10H2. The van der Waals surface area contributed by atoms with Crippen LogP contribution in [0.1, 0.15) is 0 Å². The van der Waals surface area contributed by atoms with Crippen molar-refractivity contribution in [3.05, 3.63) is 47.8 Å². The molecule has 4 heteroatoms. The highest BCUT2D eigenvalue weighted by Crippen LogP contribution is 2.23. The van der Waals surface area contributed by atoms with E-state index in [9.17, 15) is 4.21 Å². The summed E-state index contributed by atoms with van der Waals surface area (Å²) in [7, 11) is -0.861. The van der Waals surface area contributed by atoms with E-state index in [1.54, 1.807) is 23.1 Å². The van der Waals surface area contributed by atoms with E-state index >= 15 is 0 Å². The van der Waals surface area contributed by atoms with Gasteiger partial charge in [-0.1, -0.05) is 24.3 Å². The minimum Gasteiger partial charge on any atom is -0.254 e. The number of benzene rings is 1. The van der Waals surface area contributed by atoms with Crippen molar-refractivity contribution < 1.29 is 4.21 Å². The molecule has 1 nitrogen and oxygen atoms in total. The summed E-state index contributed by atoms with van der Waals surface area (Å²) in [4.78, 5) is 0.925. The molecule has 0 amide bonds. The molecule has 1 aromatic carbocycles. The Morgan fingerprint density at radius 2 is 1.94 bits per heavy atom. The molecule has 0 saturated heterocycles. The molecule has 0 N–H and O–H groups in total. The van der Waals surface area contributed by atoms with Crippen molar-refractivity contribution >= 4 is 33.9 Å². The predicted octanol–water partition coefficient (Wildman–Crippen LogP) is 3.65. The Morgan fingerprint density at radius 1 is 1.12 bits per heavy atom. The van der Waals surface area contributed by atoms with Gasteiger partial charge in [-0.05, 0) is 23.6 Å². The van der Waals surface area contributed by atoms with Gasteiger partial charge in [-0.15, -0.1) is 23.1 Å². The van der Waals surface area contributed by atoms with E-state index in [4.69, 9.17) is 0 Å². The van der Waals surface area contributed by atoms with Crippen molar-refractivity contribution in [2.45, 2.75) is 9.10 Å². The molecule has 0 fully saturated rings. The van der Waals surface area contributed by atoms with Crippen molar-refractivity contribution in [3.8, 4) is 0 Å². The highest BCUT2D eigenvalue weighted by molar-refractivity contribution is 8.01. The Kier molecular flexibility index (Phi) is 4.63. The lowest BCUT2D eigenvalue weighted by Gasteiger charge is -2.00. The van der Waals surface area contributed by atoms with Gasteiger partial charge >= 0.3 is 0 Å². The van der Waals surface area contributed by atoms with Crippen molar-refractivity contribution in [1.82, 2.24) is 0 Å². The molecule has 1 heterocycles. The number of thioether (sulfide) groups is 1. The van der Waals surface area contributed by atoms with Crippen LogP contribution in [0.5, 0.6) is 0 Å². The highest BCUT2D eigenvalue weighted by atomic mass is 32.2. The third-order valence-corrected chi connectivity index (χ3v) is 5.78. The Morgan fingerprint density at radius 3 is 2.62 bits per heavy atom. The van der Waals surface area contributed by atoms with E-state index < -0.39 is 10.8 Å². The summed E-state index contributed by atoms with van der Waals surface area (Å²) in [5, 5.41) is 2.07. The SMILES string of the molecule is O=S(CCSc1cccs1)c1ccccc1. The molecule has 1 atom stereocenters. The number of hydrogen-bond acceptors (Lipinski definition) is 3. The summed E-state index contributed by atoms with van der Waals surface area (Å²) in [6, 6.07) is 13.8. The first-order valence-electron chi connectivity index (χ1n) is 4.96. The van der Waals surface area contributed by atoms with E-state index in [-0.39, 0.29) is 0 Å². The molecule has 0 spiro atoms. The van der Waals surface area contributed by atoms with Gasteiger partial charge in [0.25, 0.3) is 0 Å². The minimum atomic E-state index is -0.861. The molecule has 84 valence electrons. The molecule has 0 saturated carbocycles. The summed E-state index contributed by atoms with van der Waals surface area (Å²) in [5.74, 6) is 1.62. The predicted molar refractivity (Wildman–Crippen MR) is 72.8 cm³/mol. The first kappa shape index (κ1) is 11.9. The first-order chi connectivity index (χ1) is 7.86. The topological polar surface area (TPSA) is 17.1 Å². The summed E-state index contributed by atoms with van der Waals surface area (Å²) in [6.45, 7) is 0. The van der Waals surface area contributed by atoms with E-state index in [1.807, 2.05) is 36.4 Å². The second kappa shape index (κ2) is 6.23. The van der Waals surface area contributed by atoms with E-state index in [0.29, 0.717) is 5.75 Å². The molecule has 1 unspecified atom stereocenters. The summed E-state index contributed by atoms with van der Waals surface area (Å²) in [5.41, 5.74) is 0. The maximum Gasteiger partial charge on any atom is 0.0598 e. The lowest BCUT2D eigenvalue weighted by Crippen LogP contribution is -1.99. The molecule has 0 aliphatic rings. The lowest BCUT2D eigenvalue weighted by molar-refractivity contribution is 0.684. The van der Waals surface area contributed by atoms with Gasteiger partial charge < -0.3 is 0 Å². The smallest absolute Gasteiger partial charge is 0.0598 e. The Hall–Kier alpha value is -0.580. The van der Waals surface area contributed by atoms with Crippen LogP contribution in [0.2, 0.25) is 0 Å². The summed E-state index contributed by atoms with van der Waals surface area (Å²) in [6.07, 6.45) is 0. The zero-order chi connectivity index (χ0) is 11.2. The van der Waals surface area contributed by atoms with Crippen molar-refractivity contribution in [2.24, 2.45) is 0 Å². The molecule has 0 radical (unpaired) electrons. The maximum absolute atomic E-state index is 11.9. The van der Waals surface area contributed by atoms with Gasteiger partial charge in [0.05, 0.1) is 15.0 Å². The molecule has 2 aromatic rings. The van der Waals surface area contributed by atoms with Crippen LogP contribution < -0.4 is 0 Å². The third kappa shape index (κ3) is 3.47. The molecule has 1 aromatic heterocycles. The normalized spacial score (nSPS) is 12.5. The quantitative estimate of drug-likeness (QED) is 0.770. The van der Waals surface area contributed by atoms with Gasteiger partial charge in [-0.2, -0.15) is 0 Å². The van der Waals surface area contributed by atoms with Crippen molar-refractivity contribution in [2.75, 3.05) is 11.5 Å². The molecule has 2 rings (SSSR count). The minimum absolute atomic E-state index is 0.715. The van der Waals surface area contributed by atoms with Crippen molar-refractivity contribution in [3.63, 3.8) is 0 Å². The van der Waals surface area contributed by atoms with Crippen LogP contribution in [0.15, 0.2) is 56.9 Å². The Balaban J connectivity index is 1.81. The van der Waals surface area contributed by atoms with Crippen molar-refractivity contribution in [1.29, 1.82) is 0 Å². The largest absolute Gasteiger partial charge is 0.254 e. The molecule has 0 aliphatic carbocycles. The third-order valence-electron chi connectivity index (χ3n) is 2.01. The summed E-state index contributed by atoms with van der Waals surface area (Å²) < 4.78 is 13.2. The van der Waals surface area contributed by atoms with Crippen LogP contribution in [-0.2, 0) is 10.8 Å². The van der Waals surface area contributed by atoms with Crippen LogP contribution in [0.3, 0.4) is 0 Å². The maximum atomic E-state index is 11.9. The van der Waals surface area contributed by atoms with Crippen LogP contribution in [0.25, 0.3) is 0 Å². The fourth-order valence-electron chi connectivity index (χ4n) is 1.25. The summed E-state index contributed by atoms with van der Waals surface area (Å²) >= 11 is 3.51. The van der Waals surface area contributed by atoms with Gasteiger partial charge in [0.2, 0.25) is 0 Å². The fourth-order valence-corrected chi connectivity index (χ4v) is 4.40. The molecule has 0 bridgehead atoms. The fraction of sp³-hybridized carbons (Fsp3) is 0.167. The average molecular weight is 268 g/mol. The number of rotatable bonds is 5. The molecule has 16 heavy (non-hydrogen) atoms.